The van der Waals surface area contributed by atoms with Crippen LogP contribution in [0.3, 0.4) is 0 Å². The standard InChI is InChI=1S/C5H11O2.C2H3.Ti/c1-3-6-5-7-4-2;1-2;/h5H,3-4H2,1-2H3;1H,2H2;/q2*-1;+2. The van der Waals surface area contributed by atoms with Gasteiger partial charge in [-0.3, -0.25) is 6.58 Å². The number of hydrogen-bond acceptors (Lipinski definition) is 2. The van der Waals surface area contributed by atoms with Crippen LogP contribution in [0.2, 0.25) is 0 Å². The summed E-state index contributed by atoms with van der Waals surface area (Å²) in [6, 6.07) is 0. The third kappa shape index (κ3) is 23.8. The Morgan fingerprint density at radius 1 is 1.20 bits per heavy atom. The average molecular weight is 178 g/mol. The summed E-state index contributed by atoms with van der Waals surface area (Å²) in [4.78, 5) is 0. The summed E-state index contributed by atoms with van der Waals surface area (Å²) in [5.74, 6) is 0. The topological polar surface area (TPSA) is 18.5 Å². The Bertz CT molecular complexity index is 38.6. The fourth-order valence-corrected chi connectivity index (χ4v) is 0.184. The summed E-state index contributed by atoms with van der Waals surface area (Å²) in [5, 5.41) is 0. The smallest absolute Gasteiger partial charge is 0.525 e. The first-order valence-corrected chi connectivity index (χ1v) is 2.87. The van der Waals surface area contributed by atoms with Crippen molar-refractivity contribution < 1.29 is 31.2 Å². The SMILES string of the molecule is CCO[CH-]OCC.[CH-]=C.[Ti+2]. The molecule has 0 radical (unpaired) electrons. The summed E-state index contributed by atoms with van der Waals surface area (Å²) >= 11 is 0. The maximum atomic E-state index is 4.73. The maximum absolute atomic E-state index is 4.73. The summed E-state index contributed by atoms with van der Waals surface area (Å²) in [7, 11) is 0. The molecule has 0 bridgehead atoms. The molecule has 0 aliphatic heterocycles. The van der Waals surface area contributed by atoms with Crippen molar-refractivity contribution in [3.05, 3.63) is 20.0 Å². The molecule has 0 rings (SSSR count). The van der Waals surface area contributed by atoms with Gasteiger partial charge in [0.2, 0.25) is 0 Å². The molecule has 0 amide bonds. The summed E-state index contributed by atoms with van der Waals surface area (Å²) in [5.41, 5.74) is 0. The van der Waals surface area contributed by atoms with Crippen molar-refractivity contribution in [2.75, 3.05) is 13.2 Å². The van der Waals surface area contributed by atoms with Gasteiger partial charge in [-0.05, 0) is 13.8 Å². The zero-order valence-corrected chi connectivity index (χ0v) is 8.15. The van der Waals surface area contributed by atoms with Gasteiger partial charge in [0, 0.05) is 13.2 Å². The molecule has 0 aliphatic rings. The fourth-order valence-electron chi connectivity index (χ4n) is 0.184. The van der Waals surface area contributed by atoms with Crippen LogP contribution >= 0.6 is 0 Å². The molecular weight excluding hydrogens is 164 g/mol. The van der Waals surface area contributed by atoms with Gasteiger partial charge in [-0.1, -0.05) is 6.79 Å². The van der Waals surface area contributed by atoms with Gasteiger partial charge in [-0.25, -0.2) is 0 Å². The Labute approximate surface area is 78.5 Å². The van der Waals surface area contributed by atoms with Crippen LogP contribution in [0.4, 0.5) is 0 Å². The zero-order valence-electron chi connectivity index (χ0n) is 6.59. The van der Waals surface area contributed by atoms with Crippen LogP contribution in [0.25, 0.3) is 0 Å². The zero-order chi connectivity index (χ0) is 7.54. The van der Waals surface area contributed by atoms with E-state index in [1.165, 1.54) is 6.79 Å². The van der Waals surface area contributed by atoms with Crippen molar-refractivity contribution in [3.8, 4) is 0 Å². The molecule has 0 aromatic heterocycles. The normalized spacial score (nSPS) is 7.00. The fraction of sp³-hybridized carbons (Fsp3) is 0.571. The third-order valence-corrected chi connectivity index (χ3v) is 0.469. The van der Waals surface area contributed by atoms with Crippen molar-refractivity contribution in [2.24, 2.45) is 0 Å². The second kappa shape index (κ2) is 22.8. The number of rotatable bonds is 4. The van der Waals surface area contributed by atoms with Crippen molar-refractivity contribution in [1.29, 1.82) is 0 Å². The predicted molar refractivity (Wildman–Crippen MR) is 37.5 cm³/mol. The Kier molecular flexibility index (Phi) is 38.2. The van der Waals surface area contributed by atoms with Gasteiger partial charge in [0.1, 0.15) is 0 Å². The molecule has 0 N–H and O–H groups in total. The largest absolute Gasteiger partial charge is 2.00 e. The summed E-state index contributed by atoms with van der Waals surface area (Å²) in [6.45, 7) is 13.5. The maximum Gasteiger partial charge on any atom is 2.00 e. The first-order chi connectivity index (χ1) is 4.41. The monoisotopic (exact) mass is 178 g/mol. The van der Waals surface area contributed by atoms with Gasteiger partial charge in [0.15, 0.2) is 0 Å². The molecule has 0 atom stereocenters. The van der Waals surface area contributed by atoms with Crippen LogP contribution < -0.4 is 0 Å². The molecule has 10 heavy (non-hydrogen) atoms. The molecule has 0 heterocycles. The number of ether oxygens (including phenoxy) is 2. The molecule has 0 fully saturated rings. The van der Waals surface area contributed by atoms with Crippen molar-refractivity contribution >= 4 is 0 Å². The quantitative estimate of drug-likeness (QED) is 0.371. The van der Waals surface area contributed by atoms with Gasteiger partial charge in [-0.15, -0.1) is 0 Å². The van der Waals surface area contributed by atoms with Crippen molar-refractivity contribution in [1.82, 2.24) is 0 Å². The molecule has 0 spiro atoms. The van der Waals surface area contributed by atoms with Gasteiger partial charge in [-0.2, -0.15) is 0 Å². The first kappa shape index (κ1) is 16.8. The van der Waals surface area contributed by atoms with Crippen LogP contribution in [-0.2, 0) is 31.2 Å². The van der Waals surface area contributed by atoms with Crippen molar-refractivity contribution in [3.63, 3.8) is 0 Å². The Morgan fingerprint density at radius 3 is 1.70 bits per heavy atom. The van der Waals surface area contributed by atoms with Crippen molar-refractivity contribution in [2.45, 2.75) is 13.8 Å². The predicted octanol–water partition coefficient (Wildman–Crippen LogP) is 1.78. The van der Waals surface area contributed by atoms with Crippen LogP contribution in [0.15, 0.2) is 6.58 Å². The minimum Gasteiger partial charge on any atom is -0.525 e. The van der Waals surface area contributed by atoms with Crippen LogP contribution in [0.5, 0.6) is 0 Å². The van der Waals surface area contributed by atoms with E-state index in [-0.39, 0.29) is 21.7 Å². The van der Waals surface area contributed by atoms with E-state index < -0.39 is 0 Å². The summed E-state index contributed by atoms with van der Waals surface area (Å²) < 4.78 is 9.45. The van der Waals surface area contributed by atoms with E-state index in [1.807, 2.05) is 13.8 Å². The molecule has 0 saturated heterocycles. The van der Waals surface area contributed by atoms with E-state index in [1.54, 1.807) is 0 Å². The molecule has 0 aromatic rings. The first-order valence-electron chi connectivity index (χ1n) is 2.87. The Balaban J connectivity index is -0.000000149. The van der Waals surface area contributed by atoms with Gasteiger partial charge >= 0.3 is 21.7 Å². The van der Waals surface area contributed by atoms with E-state index >= 15 is 0 Å². The summed E-state index contributed by atoms with van der Waals surface area (Å²) in [6.07, 6.45) is 0. The van der Waals surface area contributed by atoms with E-state index in [0.717, 1.165) is 0 Å². The van der Waals surface area contributed by atoms with Crippen LogP contribution in [0, 0.1) is 13.4 Å². The second-order valence-electron chi connectivity index (χ2n) is 1.01. The van der Waals surface area contributed by atoms with E-state index in [9.17, 15) is 0 Å². The van der Waals surface area contributed by atoms with E-state index in [0.29, 0.717) is 13.2 Å². The molecular formula is C7H14O2Ti. The molecule has 0 saturated carbocycles. The average Bonchev–Trinajstić information content (AvgIpc) is 1.94. The van der Waals surface area contributed by atoms with Gasteiger partial charge in [0.25, 0.3) is 0 Å². The van der Waals surface area contributed by atoms with E-state index in [2.05, 4.69) is 13.2 Å². The number of hydrogen-bond donors (Lipinski definition) is 0. The second-order valence-corrected chi connectivity index (χ2v) is 1.01. The Morgan fingerprint density at radius 2 is 1.50 bits per heavy atom. The van der Waals surface area contributed by atoms with Gasteiger partial charge < -0.3 is 16.1 Å². The molecule has 2 nitrogen and oxygen atoms in total. The molecule has 0 unspecified atom stereocenters. The van der Waals surface area contributed by atoms with E-state index in [4.69, 9.17) is 9.47 Å². The minimum atomic E-state index is 0. The van der Waals surface area contributed by atoms with Crippen LogP contribution in [-0.4, -0.2) is 13.2 Å². The Hall–Kier alpha value is 0.374. The third-order valence-electron chi connectivity index (χ3n) is 0.469. The van der Waals surface area contributed by atoms with Crippen LogP contribution in [0.1, 0.15) is 13.8 Å². The molecule has 0 aliphatic carbocycles. The molecule has 3 heteroatoms. The minimum absolute atomic E-state index is 0. The molecule has 0 aromatic carbocycles. The van der Waals surface area contributed by atoms with Gasteiger partial charge in [0.05, 0.1) is 0 Å². The molecule has 58 valence electrons.